The highest BCUT2D eigenvalue weighted by atomic mass is 32.2. The van der Waals surface area contributed by atoms with Gasteiger partial charge < -0.3 is 0 Å². The van der Waals surface area contributed by atoms with Crippen LogP contribution in [0.3, 0.4) is 0 Å². The van der Waals surface area contributed by atoms with Crippen LogP contribution in [0.2, 0.25) is 0 Å². The first-order chi connectivity index (χ1) is 7.25. The van der Waals surface area contributed by atoms with E-state index >= 15 is 0 Å². The first kappa shape index (κ1) is 10.3. The van der Waals surface area contributed by atoms with Crippen molar-refractivity contribution >= 4 is 11.8 Å². The second-order valence-electron chi connectivity index (χ2n) is 3.68. The largest absolute Gasteiger partial charge is 0.0898 e. The number of aryl methyl sites for hydroxylation is 2. The summed E-state index contributed by atoms with van der Waals surface area (Å²) < 4.78 is 0. The molecule has 0 aliphatic heterocycles. The standard InChI is InChI=1S/C14H14S/c1-11-8-9-14(12(2)10-11)15-13-6-4-3-5-7-13/h3-10H,1-2H3. The van der Waals surface area contributed by atoms with Crippen molar-refractivity contribution in [3.05, 3.63) is 59.7 Å². The van der Waals surface area contributed by atoms with Crippen LogP contribution in [0.4, 0.5) is 0 Å². The van der Waals surface area contributed by atoms with Gasteiger partial charge in [0.1, 0.15) is 0 Å². The smallest absolute Gasteiger partial charge is 0.0151 e. The zero-order valence-corrected chi connectivity index (χ0v) is 9.84. The van der Waals surface area contributed by atoms with E-state index in [1.165, 1.54) is 20.9 Å². The van der Waals surface area contributed by atoms with Crippen LogP contribution in [0, 0.1) is 13.8 Å². The zero-order valence-electron chi connectivity index (χ0n) is 9.03. The Labute approximate surface area is 95.3 Å². The molecule has 0 saturated heterocycles. The summed E-state index contributed by atoms with van der Waals surface area (Å²) in [7, 11) is 0. The van der Waals surface area contributed by atoms with Crippen LogP contribution in [-0.4, -0.2) is 0 Å². The van der Waals surface area contributed by atoms with Crippen LogP contribution in [0.25, 0.3) is 0 Å². The molecule has 15 heavy (non-hydrogen) atoms. The molecule has 0 aliphatic carbocycles. The molecule has 2 aromatic rings. The summed E-state index contributed by atoms with van der Waals surface area (Å²) in [6.45, 7) is 4.29. The van der Waals surface area contributed by atoms with Gasteiger partial charge in [0.15, 0.2) is 0 Å². The molecule has 1 heteroatoms. The molecule has 0 aliphatic rings. The Hall–Kier alpha value is -1.21. The molecule has 0 fully saturated rings. The molecule has 0 nitrogen and oxygen atoms in total. The van der Waals surface area contributed by atoms with E-state index in [1.807, 2.05) is 17.8 Å². The highest BCUT2D eigenvalue weighted by Gasteiger charge is 2.00. The topological polar surface area (TPSA) is 0 Å². The summed E-state index contributed by atoms with van der Waals surface area (Å²) in [6.07, 6.45) is 0. The van der Waals surface area contributed by atoms with Gasteiger partial charge in [0.25, 0.3) is 0 Å². The first-order valence-electron chi connectivity index (χ1n) is 5.06. The van der Waals surface area contributed by atoms with Gasteiger partial charge in [0.2, 0.25) is 0 Å². The second kappa shape index (κ2) is 4.54. The Morgan fingerprint density at radius 3 is 2.27 bits per heavy atom. The Morgan fingerprint density at radius 1 is 0.867 bits per heavy atom. The maximum absolute atomic E-state index is 2.23. The molecule has 76 valence electrons. The molecule has 0 aromatic heterocycles. The van der Waals surface area contributed by atoms with E-state index in [9.17, 15) is 0 Å². The molecule has 2 rings (SSSR count). The summed E-state index contributed by atoms with van der Waals surface area (Å²) in [5.41, 5.74) is 2.67. The summed E-state index contributed by atoms with van der Waals surface area (Å²) in [6, 6.07) is 17.1. The third-order valence-corrected chi connectivity index (χ3v) is 3.49. The number of benzene rings is 2. The summed E-state index contributed by atoms with van der Waals surface area (Å²) in [4.78, 5) is 2.64. The van der Waals surface area contributed by atoms with Gasteiger partial charge >= 0.3 is 0 Å². The summed E-state index contributed by atoms with van der Waals surface area (Å²) in [5.74, 6) is 0. The van der Waals surface area contributed by atoms with Crippen LogP contribution in [0.5, 0.6) is 0 Å². The average molecular weight is 214 g/mol. The van der Waals surface area contributed by atoms with Gasteiger partial charge in [-0.15, -0.1) is 0 Å². The Balaban J connectivity index is 2.25. The van der Waals surface area contributed by atoms with Gasteiger partial charge in [-0.1, -0.05) is 47.7 Å². The highest BCUT2D eigenvalue weighted by Crippen LogP contribution is 2.30. The predicted molar refractivity (Wildman–Crippen MR) is 66.5 cm³/mol. The number of rotatable bonds is 2. The van der Waals surface area contributed by atoms with Crippen molar-refractivity contribution in [2.45, 2.75) is 23.6 Å². The van der Waals surface area contributed by atoms with E-state index in [2.05, 4.69) is 56.3 Å². The van der Waals surface area contributed by atoms with Crippen molar-refractivity contribution in [1.29, 1.82) is 0 Å². The van der Waals surface area contributed by atoms with E-state index in [0.717, 1.165) is 0 Å². The normalized spacial score (nSPS) is 10.3. The molecule has 2 aromatic carbocycles. The molecule has 0 atom stereocenters. The zero-order chi connectivity index (χ0) is 10.7. The Morgan fingerprint density at radius 2 is 1.60 bits per heavy atom. The summed E-state index contributed by atoms with van der Waals surface area (Å²) >= 11 is 1.82. The van der Waals surface area contributed by atoms with Crippen LogP contribution in [0.1, 0.15) is 11.1 Å². The van der Waals surface area contributed by atoms with Crippen molar-refractivity contribution in [3.8, 4) is 0 Å². The number of hydrogen-bond acceptors (Lipinski definition) is 1. The fourth-order valence-corrected chi connectivity index (χ4v) is 2.43. The molecule has 0 N–H and O–H groups in total. The minimum atomic E-state index is 1.30. The quantitative estimate of drug-likeness (QED) is 0.711. The van der Waals surface area contributed by atoms with Gasteiger partial charge in [0.05, 0.1) is 0 Å². The molecule has 0 bridgehead atoms. The van der Waals surface area contributed by atoms with Crippen molar-refractivity contribution in [3.63, 3.8) is 0 Å². The molecule has 0 amide bonds. The molecule has 0 radical (unpaired) electrons. The maximum atomic E-state index is 2.23. The van der Waals surface area contributed by atoms with Gasteiger partial charge in [-0.3, -0.25) is 0 Å². The Bertz CT molecular complexity index is 446. The highest BCUT2D eigenvalue weighted by molar-refractivity contribution is 7.99. The minimum Gasteiger partial charge on any atom is -0.0898 e. The van der Waals surface area contributed by atoms with Crippen LogP contribution >= 0.6 is 11.8 Å². The van der Waals surface area contributed by atoms with Crippen molar-refractivity contribution < 1.29 is 0 Å². The molecule has 0 saturated carbocycles. The van der Waals surface area contributed by atoms with E-state index in [4.69, 9.17) is 0 Å². The lowest BCUT2D eigenvalue weighted by molar-refractivity contribution is 1.26. The fourth-order valence-electron chi connectivity index (χ4n) is 1.53. The fraction of sp³-hybridized carbons (Fsp3) is 0.143. The van der Waals surface area contributed by atoms with Gasteiger partial charge in [-0.05, 0) is 37.6 Å². The monoisotopic (exact) mass is 214 g/mol. The van der Waals surface area contributed by atoms with Crippen molar-refractivity contribution in [2.24, 2.45) is 0 Å². The summed E-state index contributed by atoms with van der Waals surface area (Å²) in [5, 5.41) is 0. The molecular weight excluding hydrogens is 200 g/mol. The second-order valence-corrected chi connectivity index (χ2v) is 4.80. The first-order valence-corrected chi connectivity index (χ1v) is 5.87. The average Bonchev–Trinajstić information content (AvgIpc) is 2.24. The van der Waals surface area contributed by atoms with Crippen LogP contribution in [-0.2, 0) is 0 Å². The lowest BCUT2D eigenvalue weighted by Gasteiger charge is -2.06. The van der Waals surface area contributed by atoms with E-state index in [0.29, 0.717) is 0 Å². The van der Waals surface area contributed by atoms with Gasteiger partial charge in [0, 0.05) is 9.79 Å². The van der Waals surface area contributed by atoms with Crippen molar-refractivity contribution in [1.82, 2.24) is 0 Å². The Kier molecular flexibility index (Phi) is 3.12. The predicted octanol–water partition coefficient (Wildman–Crippen LogP) is 4.45. The number of hydrogen-bond donors (Lipinski definition) is 0. The third kappa shape index (κ3) is 2.63. The van der Waals surface area contributed by atoms with Crippen molar-refractivity contribution in [2.75, 3.05) is 0 Å². The van der Waals surface area contributed by atoms with Gasteiger partial charge in [-0.2, -0.15) is 0 Å². The maximum Gasteiger partial charge on any atom is 0.0151 e. The SMILES string of the molecule is Cc1ccc(Sc2ccccc2)c(C)c1. The molecule has 0 heterocycles. The van der Waals surface area contributed by atoms with Crippen LogP contribution < -0.4 is 0 Å². The molecular formula is C14H14S. The minimum absolute atomic E-state index is 1.30. The van der Waals surface area contributed by atoms with Gasteiger partial charge in [-0.25, -0.2) is 0 Å². The third-order valence-electron chi connectivity index (χ3n) is 2.30. The van der Waals surface area contributed by atoms with E-state index in [1.54, 1.807) is 0 Å². The molecule has 0 unspecified atom stereocenters. The van der Waals surface area contributed by atoms with E-state index < -0.39 is 0 Å². The molecule has 0 spiro atoms. The van der Waals surface area contributed by atoms with E-state index in [-0.39, 0.29) is 0 Å². The lowest BCUT2D eigenvalue weighted by atomic mass is 10.2. The lowest BCUT2D eigenvalue weighted by Crippen LogP contribution is -1.81. The van der Waals surface area contributed by atoms with Crippen LogP contribution in [0.15, 0.2) is 58.3 Å².